The molecule has 0 aliphatic carbocycles. The van der Waals surface area contributed by atoms with Crippen molar-refractivity contribution in [3.63, 3.8) is 0 Å². The summed E-state index contributed by atoms with van der Waals surface area (Å²) in [7, 11) is 0. The molecule has 0 aliphatic rings. The molecule has 0 unspecified atom stereocenters. The number of thiocarbonyl (C=S) groups is 1. The van der Waals surface area contributed by atoms with Crippen LogP contribution in [0.4, 0.5) is 5.69 Å². The molecule has 0 aromatic heterocycles. The SMILES string of the molecule is NC(=S)Nc1ccc(C(=O)O)c(O)c1.[Bi]. The molecule has 5 nitrogen and oxygen atoms in total. The van der Waals surface area contributed by atoms with Crippen LogP contribution in [-0.2, 0) is 0 Å². The van der Waals surface area contributed by atoms with E-state index in [-0.39, 0.29) is 42.6 Å². The predicted molar refractivity (Wildman–Crippen MR) is 61.2 cm³/mol. The summed E-state index contributed by atoms with van der Waals surface area (Å²) in [5.41, 5.74) is 5.47. The second kappa shape index (κ2) is 5.83. The van der Waals surface area contributed by atoms with Crippen LogP contribution in [0, 0.1) is 0 Å². The Kier molecular flexibility index (Phi) is 5.46. The molecule has 0 atom stereocenters. The summed E-state index contributed by atoms with van der Waals surface area (Å²) in [4.78, 5) is 10.5. The maximum atomic E-state index is 10.5. The first-order chi connectivity index (χ1) is 6.50. The van der Waals surface area contributed by atoms with Gasteiger partial charge in [-0.05, 0) is 24.4 Å². The monoisotopic (exact) mass is 421 g/mol. The van der Waals surface area contributed by atoms with Crippen molar-refractivity contribution in [1.29, 1.82) is 0 Å². The number of nitrogens with one attached hydrogen (secondary N) is 1. The third-order valence-electron chi connectivity index (χ3n) is 1.50. The molecule has 0 aliphatic heterocycles. The molecule has 7 heteroatoms. The van der Waals surface area contributed by atoms with E-state index in [2.05, 4.69) is 17.5 Å². The van der Waals surface area contributed by atoms with Gasteiger partial charge < -0.3 is 21.3 Å². The summed E-state index contributed by atoms with van der Waals surface area (Å²) in [6, 6.07) is 3.96. The van der Waals surface area contributed by atoms with Crippen LogP contribution in [0.2, 0.25) is 0 Å². The molecule has 0 saturated heterocycles. The Bertz CT molecular complexity index is 397. The van der Waals surface area contributed by atoms with Gasteiger partial charge in [-0.3, -0.25) is 0 Å². The van der Waals surface area contributed by atoms with E-state index in [4.69, 9.17) is 10.8 Å². The van der Waals surface area contributed by atoms with Crippen molar-refractivity contribution >= 4 is 55.2 Å². The van der Waals surface area contributed by atoms with Gasteiger partial charge in [0, 0.05) is 38.0 Å². The number of carbonyl (C=O) groups is 1. The molecule has 15 heavy (non-hydrogen) atoms. The summed E-state index contributed by atoms with van der Waals surface area (Å²) in [5, 5.41) is 20.5. The van der Waals surface area contributed by atoms with Gasteiger partial charge in [-0.2, -0.15) is 0 Å². The number of aromatic hydroxyl groups is 1. The largest absolute Gasteiger partial charge is 0.507 e. The second-order valence-electron chi connectivity index (χ2n) is 2.53. The van der Waals surface area contributed by atoms with Gasteiger partial charge >= 0.3 is 5.97 Å². The fourth-order valence-corrected chi connectivity index (χ4v) is 1.05. The van der Waals surface area contributed by atoms with Crippen LogP contribution in [0.3, 0.4) is 0 Å². The number of anilines is 1. The van der Waals surface area contributed by atoms with E-state index in [1.54, 1.807) is 0 Å². The number of aromatic carboxylic acids is 1. The minimum atomic E-state index is -1.19. The van der Waals surface area contributed by atoms with Gasteiger partial charge in [0.25, 0.3) is 0 Å². The first-order valence-electron chi connectivity index (χ1n) is 3.63. The van der Waals surface area contributed by atoms with E-state index < -0.39 is 5.97 Å². The number of carboxylic acids is 1. The van der Waals surface area contributed by atoms with Crippen molar-refractivity contribution in [3.05, 3.63) is 23.8 Å². The van der Waals surface area contributed by atoms with Crippen molar-refractivity contribution in [1.82, 2.24) is 0 Å². The number of phenols is 1. The maximum Gasteiger partial charge on any atom is 0.339 e. The van der Waals surface area contributed by atoms with Crippen molar-refractivity contribution in [3.8, 4) is 5.75 Å². The van der Waals surface area contributed by atoms with E-state index >= 15 is 0 Å². The molecule has 0 bridgehead atoms. The Hall–Kier alpha value is -0.937. The van der Waals surface area contributed by atoms with Gasteiger partial charge in [-0.15, -0.1) is 0 Å². The molecule has 0 spiro atoms. The summed E-state index contributed by atoms with van der Waals surface area (Å²) < 4.78 is 0. The van der Waals surface area contributed by atoms with Crippen molar-refractivity contribution in [2.24, 2.45) is 5.73 Å². The number of hydrogen-bond donors (Lipinski definition) is 4. The fraction of sp³-hybridized carbons (Fsp3) is 0. The topological polar surface area (TPSA) is 95.6 Å². The van der Waals surface area contributed by atoms with Crippen molar-refractivity contribution in [2.45, 2.75) is 0 Å². The standard InChI is InChI=1S/C8H8N2O3S.Bi/c9-8(14)10-4-1-2-5(7(12)13)6(11)3-4;/h1-3,11H,(H,12,13)(H3,9,10,14);. The number of nitrogens with two attached hydrogens (primary N) is 1. The fourth-order valence-electron chi connectivity index (χ4n) is 0.933. The number of carboxylic acid groups (broad SMARTS) is 1. The Morgan fingerprint density at radius 1 is 1.47 bits per heavy atom. The van der Waals surface area contributed by atoms with Gasteiger partial charge in [0.15, 0.2) is 5.11 Å². The molecule has 1 rings (SSSR count). The maximum absolute atomic E-state index is 10.5. The van der Waals surface area contributed by atoms with Crippen LogP contribution in [0.25, 0.3) is 0 Å². The third kappa shape index (κ3) is 3.97. The van der Waals surface area contributed by atoms with Crippen LogP contribution in [0.1, 0.15) is 10.4 Å². The predicted octanol–water partition coefficient (Wildman–Crippen LogP) is 0.365. The molecule has 1 aromatic rings. The van der Waals surface area contributed by atoms with Gasteiger partial charge in [0.2, 0.25) is 0 Å². The van der Waals surface area contributed by atoms with Gasteiger partial charge in [0.05, 0.1) is 0 Å². The zero-order chi connectivity index (χ0) is 10.7. The summed E-state index contributed by atoms with van der Waals surface area (Å²) >= 11 is 4.57. The Balaban J connectivity index is 0.00000196. The molecule has 0 heterocycles. The number of rotatable bonds is 2. The Labute approximate surface area is 110 Å². The first-order valence-corrected chi connectivity index (χ1v) is 4.04. The molecule has 3 radical (unpaired) electrons. The molecule has 5 N–H and O–H groups in total. The molecule has 0 saturated carbocycles. The van der Waals surface area contributed by atoms with Crippen LogP contribution in [0.5, 0.6) is 5.75 Å². The Morgan fingerprint density at radius 2 is 2.07 bits per heavy atom. The van der Waals surface area contributed by atoms with Gasteiger partial charge in [0.1, 0.15) is 11.3 Å². The molecule has 0 amide bonds. The summed E-state index contributed by atoms with van der Waals surface area (Å²) in [6.45, 7) is 0. The minimum absolute atomic E-state index is 0. The third-order valence-corrected chi connectivity index (χ3v) is 1.60. The average molecular weight is 421 g/mol. The average Bonchev–Trinajstić information content (AvgIpc) is 2.01. The van der Waals surface area contributed by atoms with E-state index in [0.717, 1.165) is 0 Å². The van der Waals surface area contributed by atoms with E-state index in [9.17, 15) is 9.90 Å². The zero-order valence-electron chi connectivity index (χ0n) is 7.47. The quantitative estimate of drug-likeness (QED) is 0.407. The van der Waals surface area contributed by atoms with Crippen LogP contribution < -0.4 is 11.1 Å². The van der Waals surface area contributed by atoms with Gasteiger partial charge in [-0.25, -0.2) is 4.79 Å². The normalized spacial score (nSPS) is 8.80. The first kappa shape index (κ1) is 14.1. The van der Waals surface area contributed by atoms with E-state index in [0.29, 0.717) is 5.69 Å². The zero-order valence-corrected chi connectivity index (χ0v) is 11.8. The molecular formula is C8H8BiN2O3S. The van der Waals surface area contributed by atoms with Crippen LogP contribution >= 0.6 is 12.2 Å². The molecule has 0 fully saturated rings. The molecular weight excluding hydrogens is 413 g/mol. The van der Waals surface area contributed by atoms with Crippen molar-refractivity contribution < 1.29 is 15.0 Å². The number of hydrogen-bond acceptors (Lipinski definition) is 3. The Morgan fingerprint density at radius 3 is 2.47 bits per heavy atom. The molecule has 79 valence electrons. The van der Waals surface area contributed by atoms with E-state index in [1.807, 2.05) is 0 Å². The molecule has 1 aromatic carbocycles. The smallest absolute Gasteiger partial charge is 0.339 e. The van der Waals surface area contributed by atoms with E-state index in [1.165, 1.54) is 18.2 Å². The number of benzene rings is 1. The van der Waals surface area contributed by atoms with Crippen LogP contribution in [-0.4, -0.2) is 47.5 Å². The minimum Gasteiger partial charge on any atom is -0.507 e. The van der Waals surface area contributed by atoms with Crippen LogP contribution in [0.15, 0.2) is 18.2 Å². The van der Waals surface area contributed by atoms with Gasteiger partial charge in [-0.1, -0.05) is 0 Å². The summed E-state index contributed by atoms with van der Waals surface area (Å²) in [6.07, 6.45) is 0. The summed E-state index contributed by atoms with van der Waals surface area (Å²) in [5.74, 6) is -1.52. The van der Waals surface area contributed by atoms with Crippen molar-refractivity contribution in [2.75, 3.05) is 5.32 Å². The second-order valence-corrected chi connectivity index (χ2v) is 2.97.